The average molecular weight is 298 g/mol. The van der Waals surface area contributed by atoms with Crippen LogP contribution in [0.1, 0.15) is 52.4 Å². The van der Waals surface area contributed by atoms with Gasteiger partial charge in [-0.3, -0.25) is 4.90 Å². The predicted molar refractivity (Wildman–Crippen MR) is 86.5 cm³/mol. The Kier molecular flexibility index (Phi) is 7.44. The van der Waals surface area contributed by atoms with Crippen LogP contribution in [0.25, 0.3) is 0 Å². The lowest BCUT2D eigenvalue weighted by Crippen LogP contribution is -2.41. The highest BCUT2D eigenvalue weighted by atomic mass is 16.5. The normalized spacial score (nSPS) is 32.4. The molecule has 1 aliphatic heterocycles. The summed E-state index contributed by atoms with van der Waals surface area (Å²) in [4.78, 5) is 2.53. The second-order valence-electron chi connectivity index (χ2n) is 6.95. The topological polar surface area (TPSA) is 44.7 Å². The molecular weight excluding hydrogens is 264 g/mol. The van der Waals surface area contributed by atoms with Crippen LogP contribution in [0, 0.1) is 5.92 Å². The van der Waals surface area contributed by atoms with Crippen LogP contribution >= 0.6 is 0 Å². The molecule has 2 aliphatic rings. The second kappa shape index (κ2) is 9.09. The zero-order chi connectivity index (χ0) is 15.1. The summed E-state index contributed by atoms with van der Waals surface area (Å²) in [6, 6.07) is 0.656. The second-order valence-corrected chi connectivity index (χ2v) is 6.95. The van der Waals surface area contributed by atoms with Gasteiger partial charge in [-0.15, -0.1) is 0 Å². The zero-order valence-corrected chi connectivity index (χ0v) is 13.9. The Labute approximate surface area is 130 Å². The van der Waals surface area contributed by atoms with Crippen molar-refractivity contribution in [3.63, 3.8) is 0 Å². The maximum atomic E-state index is 10.0. The molecule has 1 saturated heterocycles. The smallest absolute Gasteiger partial charge is 0.0897 e. The van der Waals surface area contributed by atoms with Crippen LogP contribution in [0.15, 0.2) is 0 Å². The van der Waals surface area contributed by atoms with Crippen LogP contribution in [0.3, 0.4) is 0 Å². The van der Waals surface area contributed by atoms with Crippen molar-refractivity contribution in [2.75, 3.05) is 32.8 Å². The van der Waals surface area contributed by atoms with Crippen LogP contribution in [-0.2, 0) is 4.74 Å². The van der Waals surface area contributed by atoms with E-state index in [9.17, 15) is 5.11 Å². The fraction of sp³-hybridized carbons (Fsp3) is 1.00. The van der Waals surface area contributed by atoms with Gasteiger partial charge in [0, 0.05) is 19.1 Å². The molecule has 2 N–H and O–H groups in total. The molecule has 0 spiro atoms. The molecule has 21 heavy (non-hydrogen) atoms. The van der Waals surface area contributed by atoms with Crippen molar-refractivity contribution in [3.05, 3.63) is 0 Å². The van der Waals surface area contributed by atoms with Gasteiger partial charge in [-0.1, -0.05) is 13.8 Å². The molecule has 2 rings (SSSR count). The molecule has 0 amide bonds. The number of ether oxygens (including phenoxy) is 1. The number of nitrogens with zero attached hydrogens (tertiary/aromatic N) is 1. The Morgan fingerprint density at radius 3 is 2.71 bits per heavy atom. The molecule has 0 aromatic heterocycles. The van der Waals surface area contributed by atoms with Crippen LogP contribution in [0.5, 0.6) is 0 Å². The molecule has 124 valence electrons. The van der Waals surface area contributed by atoms with Crippen molar-refractivity contribution in [1.29, 1.82) is 0 Å². The minimum absolute atomic E-state index is 0.374. The van der Waals surface area contributed by atoms with Gasteiger partial charge >= 0.3 is 0 Å². The first-order valence-corrected chi connectivity index (χ1v) is 8.93. The molecule has 2 atom stereocenters. The van der Waals surface area contributed by atoms with Gasteiger partial charge in [0.25, 0.3) is 0 Å². The first kappa shape index (κ1) is 17.2. The Morgan fingerprint density at radius 2 is 2.00 bits per heavy atom. The van der Waals surface area contributed by atoms with E-state index in [1.807, 2.05) is 0 Å². The van der Waals surface area contributed by atoms with Gasteiger partial charge < -0.3 is 15.2 Å². The van der Waals surface area contributed by atoms with Crippen molar-refractivity contribution >= 4 is 0 Å². The molecule has 0 aromatic rings. The number of likely N-dealkylation sites (N-methyl/N-ethyl adjacent to an activating group) is 1. The molecule has 0 bridgehead atoms. The monoisotopic (exact) mass is 298 g/mol. The molecule has 2 fully saturated rings. The van der Waals surface area contributed by atoms with Gasteiger partial charge in [-0.2, -0.15) is 0 Å². The highest BCUT2D eigenvalue weighted by Gasteiger charge is 2.23. The summed E-state index contributed by atoms with van der Waals surface area (Å²) in [6.07, 6.45) is 7.46. The first-order valence-electron chi connectivity index (χ1n) is 8.93. The standard InChI is InChI=1S/C17H34N2O2/c1-3-19-10-4-5-15(19)11-18-12-16(20)13-21-17-8-6-14(2)7-9-17/h14-18,20H,3-13H2,1-2H3. The van der Waals surface area contributed by atoms with E-state index in [2.05, 4.69) is 24.1 Å². The number of hydrogen-bond acceptors (Lipinski definition) is 4. The van der Waals surface area contributed by atoms with Crippen molar-refractivity contribution in [2.45, 2.75) is 70.6 Å². The van der Waals surface area contributed by atoms with Gasteiger partial charge in [-0.25, -0.2) is 0 Å². The van der Waals surface area contributed by atoms with E-state index in [-0.39, 0.29) is 6.10 Å². The lowest BCUT2D eigenvalue weighted by atomic mass is 9.89. The molecule has 0 radical (unpaired) electrons. The summed E-state index contributed by atoms with van der Waals surface area (Å²) >= 11 is 0. The van der Waals surface area contributed by atoms with E-state index >= 15 is 0 Å². The lowest BCUT2D eigenvalue weighted by molar-refractivity contribution is -0.0280. The first-order chi connectivity index (χ1) is 10.2. The summed E-state index contributed by atoms with van der Waals surface area (Å²) in [6.45, 7) is 9.04. The summed E-state index contributed by atoms with van der Waals surface area (Å²) in [5.41, 5.74) is 0. The SMILES string of the molecule is CCN1CCCC1CNCC(O)COC1CCC(C)CC1. The van der Waals surface area contributed by atoms with Gasteiger partial charge in [0.2, 0.25) is 0 Å². The van der Waals surface area contributed by atoms with Crippen LogP contribution in [0.2, 0.25) is 0 Å². The summed E-state index contributed by atoms with van der Waals surface area (Å²) in [5.74, 6) is 0.851. The Balaban J connectivity index is 1.52. The van der Waals surface area contributed by atoms with Crippen LogP contribution in [-0.4, -0.2) is 61.0 Å². The lowest BCUT2D eigenvalue weighted by Gasteiger charge is -2.27. The molecule has 1 aliphatic carbocycles. The third kappa shape index (κ3) is 5.85. The van der Waals surface area contributed by atoms with Gasteiger partial charge in [-0.05, 0) is 57.5 Å². The van der Waals surface area contributed by atoms with Gasteiger partial charge in [0.15, 0.2) is 0 Å². The highest BCUT2D eigenvalue weighted by Crippen LogP contribution is 2.25. The van der Waals surface area contributed by atoms with Crippen molar-refractivity contribution in [1.82, 2.24) is 10.2 Å². The fourth-order valence-corrected chi connectivity index (χ4v) is 3.66. The fourth-order valence-electron chi connectivity index (χ4n) is 3.66. The number of nitrogens with one attached hydrogen (secondary N) is 1. The van der Waals surface area contributed by atoms with E-state index in [1.54, 1.807) is 0 Å². The number of aliphatic hydroxyl groups is 1. The largest absolute Gasteiger partial charge is 0.389 e. The summed E-state index contributed by atoms with van der Waals surface area (Å²) in [7, 11) is 0. The molecule has 2 unspecified atom stereocenters. The third-order valence-corrected chi connectivity index (χ3v) is 5.15. The number of hydrogen-bond donors (Lipinski definition) is 2. The number of likely N-dealkylation sites (tertiary alicyclic amines) is 1. The van der Waals surface area contributed by atoms with Crippen molar-refractivity contribution < 1.29 is 9.84 Å². The predicted octanol–water partition coefficient (Wildman–Crippen LogP) is 2.02. The van der Waals surface area contributed by atoms with Crippen molar-refractivity contribution in [3.8, 4) is 0 Å². The van der Waals surface area contributed by atoms with Gasteiger partial charge in [0.1, 0.15) is 0 Å². The van der Waals surface area contributed by atoms with Crippen molar-refractivity contribution in [2.24, 2.45) is 5.92 Å². The molecule has 4 heteroatoms. The van der Waals surface area contributed by atoms with Crippen LogP contribution < -0.4 is 5.32 Å². The zero-order valence-electron chi connectivity index (χ0n) is 13.9. The molecule has 1 saturated carbocycles. The Morgan fingerprint density at radius 1 is 1.24 bits per heavy atom. The summed E-state index contributed by atoms with van der Waals surface area (Å²) < 4.78 is 5.86. The van der Waals surface area contributed by atoms with E-state index < -0.39 is 0 Å². The quantitative estimate of drug-likeness (QED) is 0.719. The van der Waals surface area contributed by atoms with E-state index in [1.165, 1.54) is 32.2 Å². The third-order valence-electron chi connectivity index (χ3n) is 5.15. The highest BCUT2D eigenvalue weighted by molar-refractivity contribution is 4.80. The minimum Gasteiger partial charge on any atom is -0.389 e. The Hall–Kier alpha value is -0.160. The van der Waals surface area contributed by atoms with Gasteiger partial charge in [0.05, 0.1) is 18.8 Å². The van der Waals surface area contributed by atoms with E-state index in [4.69, 9.17) is 4.74 Å². The maximum Gasteiger partial charge on any atom is 0.0897 e. The molecular formula is C17H34N2O2. The van der Waals surface area contributed by atoms with E-state index in [0.29, 0.717) is 25.3 Å². The van der Waals surface area contributed by atoms with Crippen LogP contribution in [0.4, 0.5) is 0 Å². The number of aliphatic hydroxyl groups excluding tert-OH is 1. The maximum absolute atomic E-state index is 10.0. The number of rotatable bonds is 8. The average Bonchev–Trinajstić information content (AvgIpc) is 2.94. The molecule has 1 heterocycles. The molecule has 4 nitrogen and oxygen atoms in total. The summed E-state index contributed by atoms with van der Waals surface area (Å²) in [5, 5.41) is 13.4. The molecule has 0 aromatic carbocycles. The Bertz CT molecular complexity index is 280. The van der Waals surface area contributed by atoms with E-state index in [0.717, 1.165) is 31.8 Å². The minimum atomic E-state index is -0.374.